The summed E-state index contributed by atoms with van der Waals surface area (Å²) >= 11 is 0. The lowest BCUT2D eigenvalue weighted by molar-refractivity contribution is -0.121. The molecule has 0 aliphatic carbocycles. The summed E-state index contributed by atoms with van der Waals surface area (Å²) in [6.07, 6.45) is 0.807. The molecule has 3 amide bonds. The van der Waals surface area contributed by atoms with Crippen LogP contribution in [0.3, 0.4) is 0 Å². The molecule has 0 unspecified atom stereocenters. The van der Waals surface area contributed by atoms with E-state index in [2.05, 4.69) is 10.6 Å². The molecule has 0 heterocycles. The highest BCUT2D eigenvalue weighted by molar-refractivity contribution is 5.95. The minimum absolute atomic E-state index is 0.0295. The van der Waals surface area contributed by atoms with Crippen molar-refractivity contribution in [2.24, 2.45) is 0 Å². The van der Waals surface area contributed by atoms with Crippen LogP contribution >= 0.6 is 0 Å². The van der Waals surface area contributed by atoms with Crippen molar-refractivity contribution in [1.29, 1.82) is 0 Å². The monoisotopic (exact) mass is 351 g/mol. The molecule has 2 N–H and O–H groups in total. The van der Waals surface area contributed by atoms with E-state index in [-0.39, 0.29) is 18.5 Å². The number of nitrogens with one attached hydrogen (secondary N) is 2. The summed E-state index contributed by atoms with van der Waals surface area (Å²) in [5.74, 6) is 1.00. The molecule has 0 aromatic heterocycles. The summed E-state index contributed by atoms with van der Waals surface area (Å²) < 4.78 is 10.8. The molecule has 0 spiro atoms. The third kappa shape index (κ3) is 7.43. The first kappa shape index (κ1) is 20.8. The summed E-state index contributed by atoms with van der Waals surface area (Å²) in [5.41, 5.74) is 0.986. The van der Waals surface area contributed by atoms with Gasteiger partial charge in [-0.25, -0.2) is 4.79 Å². The zero-order valence-corrected chi connectivity index (χ0v) is 15.7. The molecule has 25 heavy (non-hydrogen) atoms. The van der Waals surface area contributed by atoms with Crippen LogP contribution in [0.5, 0.6) is 11.5 Å². The van der Waals surface area contributed by atoms with E-state index in [4.69, 9.17) is 9.47 Å². The van der Waals surface area contributed by atoms with Crippen LogP contribution in [0.2, 0.25) is 0 Å². The number of hydrogen-bond acceptors (Lipinski definition) is 5. The van der Waals surface area contributed by atoms with Crippen LogP contribution in [0.25, 0.3) is 0 Å². The fraction of sp³-hybridized carbons (Fsp3) is 0.556. The molecule has 1 aromatic rings. The molecule has 0 radical (unpaired) electrons. The largest absolute Gasteiger partial charge is 0.493 e. The fourth-order valence-electron chi connectivity index (χ4n) is 2.23. The minimum Gasteiger partial charge on any atom is -0.493 e. The molecular formula is C18H29N3O4. The number of ether oxygens (including phenoxy) is 2. The number of hydrogen-bond donors (Lipinski definition) is 2. The molecule has 0 saturated heterocycles. The number of rotatable bonds is 9. The highest BCUT2D eigenvalue weighted by Crippen LogP contribution is 2.28. The van der Waals surface area contributed by atoms with Gasteiger partial charge in [0.25, 0.3) is 0 Å². The molecule has 0 fully saturated rings. The lowest BCUT2D eigenvalue weighted by Crippen LogP contribution is -2.46. The average molecular weight is 351 g/mol. The number of urea groups is 1. The number of nitrogens with zero attached hydrogens (tertiary/aromatic N) is 1. The first-order valence-electron chi connectivity index (χ1n) is 8.48. The Balaban J connectivity index is 2.54. The van der Waals surface area contributed by atoms with E-state index in [1.54, 1.807) is 7.11 Å². The molecule has 7 heteroatoms. The van der Waals surface area contributed by atoms with Crippen molar-refractivity contribution in [3.05, 3.63) is 23.8 Å². The van der Waals surface area contributed by atoms with Gasteiger partial charge in [-0.3, -0.25) is 15.0 Å². The standard InChI is InChI=1S/C18H29N3O4/c1-6-13(3)19-18(23)20-17(22)12-21(4)11-14-8-9-15(25-7-2)16(10-14)24-5/h8-10,13H,6-7,11-12H2,1-5H3,(H2,19,20,22,23)/t13-/m1/s1. The maximum atomic E-state index is 11.9. The second-order valence-electron chi connectivity index (χ2n) is 5.92. The quantitative estimate of drug-likeness (QED) is 0.713. The topological polar surface area (TPSA) is 79.9 Å². The van der Waals surface area contributed by atoms with Gasteiger partial charge in [0.15, 0.2) is 11.5 Å². The van der Waals surface area contributed by atoms with E-state index in [9.17, 15) is 9.59 Å². The Labute approximate surface area is 149 Å². The molecule has 0 bridgehead atoms. The Bertz CT molecular complexity index is 577. The van der Waals surface area contributed by atoms with Gasteiger partial charge >= 0.3 is 6.03 Å². The summed E-state index contributed by atoms with van der Waals surface area (Å²) in [5, 5.41) is 5.03. The normalized spacial score (nSPS) is 11.8. The van der Waals surface area contributed by atoms with Gasteiger partial charge in [0.05, 0.1) is 20.3 Å². The van der Waals surface area contributed by atoms with Crippen LogP contribution in [-0.4, -0.2) is 50.2 Å². The molecule has 7 nitrogen and oxygen atoms in total. The van der Waals surface area contributed by atoms with Gasteiger partial charge in [0.1, 0.15) is 0 Å². The number of imide groups is 1. The highest BCUT2D eigenvalue weighted by atomic mass is 16.5. The highest BCUT2D eigenvalue weighted by Gasteiger charge is 2.13. The number of likely N-dealkylation sites (N-methyl/N-ethyl adjacent to an activating group) is 1. The van der Waals surface area contributed by atoms with E-state index in [1.807, 2.05) is 50.9 Å². The Hall–Kier alpha value is -2.28. The molecular weight excluding hydrogens is 322 g/mol. The number of amides is 3. The van der Waals surface area contributed by atoms with Gasteiger partial charge in [-0.15, -0.1) is 0 Å². The summed E-state index contributed by atoms with van der Waals surface area (Å²) in [6.45, 7) is 6.99. The van der Waals surface area contributed by atoms with Gasteiger partial charge < -0.3 is 14.8 Å². The van der Waals surface area contributed by atoms with Gasteiger partial charge in [-0.1, -0.05) is 13.0 Å². The Morgan fingerprint density at radius 1 is 1.24 bits per heavy atom. The smallest absolute Gasteiger partial charge is 0.321 e. The third-order valence-electron chi connectivity index (χ3n) is 3.64. The lowest BCUT2D eigenvalue weighted by atomic mass is 10.2. The first-order valence-corrected chi connectivity index (χ1v) is 8.48. The Kier molecular flexibility index (Phi) is 8.77. The maximum absolute atomic E-state index is 11.9. The Morgan fingerprint density at radius 2 is 1.96 bits per heavy atom. The van der Waals surface area contributed by atoms with Crippen molar-refractivity contribution in [3.8, 4) is 11.5 Å². The van der Waals surface area contributed by atoms with Crippen molar-refractivity contribution < 1.29 is 19.1 Å². The fourth-order valence-corrected chi connectivity index (χ4v) is 2.23. The van der Waals surface area contributed by atoms with E-state index < -0.39 is 6.03 Å². The van der Waals surface area contributed by atoms with Crippen molar-refractivity contribution in [1.82, 2.24) is 15.5 Å². The molecule has 1 atom stereocenters. The molecule has 140 valence electrons. The second kappa shape index (κ2) is 10.6. The second-order valence-corrected chi connectivity index (χ2v) is 5.92. The molecule has 0 aliphatic heterocycles. The van der Waals surface area contributed by atoms with Gasteiger partial charge in [0, 0.05) is 12.6 Å². The summed E-state index contributed by atoms with van der Waals surface area (Å²) in [7, 11) is 3.41. The maximum Gasteiger partial charge on any atom is 0.321 e. The van der Waals surface area contributed by atoms with Crippen molar-refractivity contribution in [3.63, 3.8) is 0 Å². The van der Waals surface area contributed by atoms with E-state index in [1.165, 1.54) is 0 Å². The number of benzene rings is 1. The summed E-state index contributed by atoms with van der Waals surface area (Å²) in [6, 6.07) is 5.23. The Morgan fingerprint density at radius 3 is 2.56 bits per heavy atom. The van der Waals surface area contributed by atoms with Crippen LogP contribution in [0.15, 0.2) is 18.2 Å². The van der Waals surface area contributed by atoms with Gasteiger partial charge in [-0.05, 0) is 45.0 Å². The van der Waals surface area contributed by atoms with Gasteiger partial charge in [0.2, 0.25) is 5.91 Å². The van der Waals surface area contributed by atoms with Gasteiger partial charge in [-0.2, -0.15) is 0 Å². The van der Waals surface area contributed by atoms with E-state index >= 15 is 0 Å². The van der Waals surface area contributed by atoms with Crippen molar-refractivity contribution in [2.75, 3.05) is 27.3 Å². The summed E-state index contributed by atoms with van der Waals surface area (Å²) in [4.78, 5) is 25.4. The molecule has 1 rings (SSSR count). The lowest BCUT2D eigenvalue weighted by Gasteiger charge is -2.18. The van der Waals surface area contributed by atoms with Crippen molar-refractivity contribution >= 4 is 11.9 Å². The van der Waals surface area contributed by atoms with Crippen LogP contribution in [0.4, 0.5) is 4.79 Å². The predicted molar refractivity (Wildman–Crippen MR) is 96.9 cm³/mol. The van der Waals surface area contributed by atoms with Crippen molar-refractivity contribution in [2.45, 2.75) is 39.8 Å². The van der Waals surface area contributed by atoms with Crippen LogP contribution in [0, 0.1) is 0 Å². The SMILES string of the molecule is CCOc1ccc(CN(C)CC(=O)NC(=O)N[C@H](C)CC)cc1OC. The zero-order chi connectivity index (χ0) is 18.8. The molecule has 0 saturated carbocycles. The van der Waals surface area contributed by atoms with Crippen LogP contribution in [-0.2, 0) is 11.3 Å². The number of carbonyl (C=O) groups excluding carboxylic acids is 2. The zero-order valence-electron chi connectivity index (χ0n) is 15.7. The number of carbonyl (C=O) groups is 2. The first-order chi connectivity index (χ1) is 11.9. The van der Waals surface area contributed by atoms with E-state index in [0.29, 0.717) is 24.7 Å². The molecule has 0 aliphatic rings. The predicted octanol–water partition coefficient (Wildman–Crippen LogP) is 2.15. The van der Waals surface area contributed by atoms with E-state index in [0.717, 1.165) is 12.0 Å². The average Bonchev–Trinajstić information content (AvgIpc) is 2.55. The molecule has 1 aromatic carbocycles. The minimum atomic E-state index is -0.463. The number of methoxy groups -OCH3 is 1. The van der Waals surface area contributed by atoms with Crippen LogP contribution in [0.1, 0.15) is 32.8 Å². The van der Waals surface area contributed by atoms with Crippen LogP contribution < -0.4 is 20.1 Å². The third-order valence-corrected chi connectivity index (χ3v) is 3.64.